The van der Waals surface area contributed by atoms with Crippen molar-refractivity contribution in [2.75, 3.05) is 11.9 Å². The van der Waals surface area contributed by atoms with Crippen molar-refractivity contribution in [3.63, 3.8) is 0 Å². The molecule has 0 saturated carbocycles. The summed E-state index contributed by atoms with van der Waals surface area (Å²) in [5.74, 6) is -0.766. The number of primary amides is 1. The number of benzene rings is 2. The zero-order valence-electron chi connectivity index (χ0n) is 13.3. The summed E-state index contributed by atoms with van der Waals surface area (Å²) in [5.41, 5.74) is 5.78. The molecule has 8 heteroatoms. The van der Waals surface area contributed by atoms with Crippen LogP contribution in [0.4, 0.5) is 5.69 Å². The summed E-state index contributed by atoms with van der Waals surface area (Å²) in [6, 6.07) is 12.9. The van der Waals surface area contributed by atoms with Gasteiger partial charge in [0.15, 0.2) is 6.61 Å². The van der Waals surface area contributed by atoms with Crippen LogP contribution < -0.4 is 15.8 Å². The van der Waals surface area contributed by atoms with E-state index in [9.17, 15) is 14.9 Å². The molecule has 0 unspecified atom stereocenters. The zero-order valence-corrected chi connectivity index (χ0v) is 14.8. The van der Waals surface area contributed by atoms with E-state index in [2.05, 4.69) is 5.32 Å². The van der Waals surface area contributed by atoms with Gasteiger partial charge in [-0.05, 0) is 42.0 Å². The van der Waals surface area contributed by atoms with Crippen LogP contribution >= 0.6 is 23.2 Å². The minimum atomic E-state index is -0.620. The van der Waals surface area contributed by atoms with E-state index in [0.717, 1.165) is 0 Å². The standard InChI is InChI=1S/C18H13Cl2N3O3/c19-13-3-6-15(20)16(8-13)23-18(25)12(9-21)7-11-1-4-14(5-2-11)26-10-17(22)24/h1-8H,10H2,(H2,22,24)(H,23,25)/b12-7-. The van der Waals surface area contributed by atoms with Gasteiger partial charge < -0.3 is 15.8 Å². The lowest BCUT2D eigenvalue weighted by molar-refractivity contribution is -0.120. The number of ether oxygens (including phenoxy) is 1. The number of anilines is 1. The van der Waals surface area contributed by atoms with E-state index in [0.29, 0.717) is 27.0 Å². The molecule has 0 aliphatic carbocycles. The van der Waals surface area contributed by atoms with Gasteiger partial charge in [0.1, 0.15) is 17.4 Å². The summed E-state index contributed by atoms with van der Waals surface area (Å²) in [4.78, 5) is 23.0. The van der Waals surface area contributed by atoms with Crippen molar-refractivity contribution >= 4 is 46.8 Å². The molecule has 0 heterocycles. The van der Waals surface area contributed by atoms with Crippen LogP contribution in [-0.2, 0) is 9.59 Å². The second-order valence-corrected chi connectivity index (χ2v) is 5.92. The molecular formula is C18H13Cl2N3O3. The molecule has 0 bridgehead atoms. The second-order valence-electron chi connectivity index (χ2n) is 5.07. The van der Waals surface area contributed by atoms with E-state index >= 15 is 0 Å². The first-order valence-corrected chi connectivity index (χ1v) is 8.04. The quantitative estimate of drug-likeness (QED) is 0.583. The molecule has 0 radical (unpaired) electrons. The molecule has 3 N–H and O–H groups in total. The Labute approximate surface area is 159 Å². The Bertz CT molecular complexity index is 903. The molecule has 0 saturated heterocycles. The van der Waals surface area contributed by atoms with E-state index in [-0.39, 0.29) is 12.2 Å². The fraction of sp³-hybridized carbons (Fsp3) is 0.0556. The Balaban J connectivity index is 2.14. The van der Waals surface area contributed by atoms with E-state index in [1.807, 2.05) is 6.07 Å². The third-order valence-corrected chi connectivity index (χ3v) is 3.68. The van der Waals surface area contributed by atoms with E-state index < -0.39 is 11.8 Å². The number of hydrogen-bond acceptors (Lipinski definition) is 4. The van der Waals surface area contributed by atoms with Crippen LogP contribution in [0.2, 0.25) is 10.0 Å². The highest BCUT2D eigenvalue weighted by atomic mass is 35.5. The number of hydrogen-bond donors (Lipinski definition) is 2. The normalized spacial score (nSPS) is 10.7. The molecule has 0 spiro atoms. The first-order valence-electron chi connectivity index (χ1n) is 7.28. The molecule has 2 rings (SSSR count). The number of amides is 2. The first kappa shape index (κ1) is 19.3. The molecule has 6 nitrogen and oxygen atoms in total. The highest BCUT2D eigenvalue weighted by molar-refractivity contribution is 6.36. The highest BCUT2D eigenvalue weighted by Gasteiger charge is 2.12. The topological polar surface area (TPSA) is 105 Å². The van der Waals surface area contributed by atoms with Crippen LogP contribution in [0.5, 0.6) is 5.75 Å². The fourth-order valence-electron chi connectivity index (χ4n) is 1.91. The monoisotopic (exact) mass is 389 g/mol. The van der Waals surface area contributed by atoms with Gasteiger partial charge in [-0.15, -0.1) is 0 Å². The molecule has 2 amide bonds. The Kier molecular flexibility index (Phi) is 6.61. The molecule has 0 aliphatic rings. The largest absolute Gasteiger partial charge is 0.484 e. The van der Waals surface area contributed by atoms with Gasteiger partial charge in [0.25, 0.3) is 11.8 Å². The number of nitrogens with one attached hydrogen (secondary N) is 1. The van der Waals surface area contributed by atoms with Crippen molar-refractivity contribution in [3.8, 4) is 11.8 Å². The van der Waals surface area contributed by atoms with Crippen LogP contribution in [-0.4, -0.2) is 18.4 Å². The van der Waals surface area contributed by atoms with Crippen LogP contribution in [0, 0.1) is 11.3 Å². The Morgan fingerprint density at radius 1 is 1.19 bits per heavy atom. The number of nitriles is 1. The van der Waals surface area contributed by atoms with Crippen molar-refractivity contribution in [2.45, 2.75) is 0 Å². The van der Waals surface area contributed by atoms with Crippen molar-refractivity contribution in [3.05, 3.63) is 63.6 Å². The Hall–Kier alpha value is -3.01. The third kappa shape index (κ3) is 5.52. The molecule has 2 aromatic rings. The minimum Gasteiger partial charge on any atom is -0.484 e. The maximum absolute atomic E-state index is 12.3. The number of rotatable bonds is 6. The predicted molar refractivity (Wildman–Crippen MR) is 99.8 cm³/mol. The number of nitrogens with zero attached hydrogens (tertiary/aromatic N) is 1. The summed E-state index contributed by atoms with van der Waals surface area (Å²) >= 11 is 11.9. The molecular weight excluding hydrogens is 377 g/mol. The van der Waals surface area contributed by atoms with Crippen molar-refractivity contribution < 1.29 is 14.3 Å². The van der Waals surface area contributed by atoms with E-state index in [1.165, 1.54) is 12.1 Å². The number of carbonyl (C=O) groups is 2. The molecule has 132 valence electrons. The van der Waals surface area contributed by atoms with Crippen molar-refractivity contribution in [2.24, 2.45) is 5.73 Å². The van der Waals surface area contributed by atoms with Crippen molar-refractivity contribution in [1.29, 1.82) is 5.26 Å². The number of halogens is 2. The summed E-state index contributed by atoms with van der Waals surface area (Å²) in [7, 11) is 0. The van der Waals surface area contributed by atoms with Gasteiger partial charge in [-0.3, -0.25) is 9.59 Å². The molecule has 0 atom stereocenters. The molecule has 2 aromatic carbocycles. The van der Waals surface area contributed by atoms with Crippen LogP contribution in [0.25, 0.3) is 6.08 Å². The van der Waals surface area contributed by atoms with Gasteiger partial charge in [-0.1, -0.05) is 35.3 Å². The summed E-state index contributed by atoms with van der Waals surface area (Å²) < 4.78 is 5.14. The zero-order chi connectivity index (χ0) is 19.1. The maximum Gasteiger partial charge on any atom is 0.266 e. The lowest BCUT2D eigenvalue weighted by Crippen LogP contribution is -2.19. The average molecular weight is 390 g/mol. The average Bonchev–Trinajstić information content (AvgIpc) is 2.61. The predicted octanol–water partition coefficient (Wildman–Crippen LogP) is 3.40. The molecule has 0 fully saturated rings. The van der Waals surface area contributed by atoms with Crippen LogP contribution in [0.3, 0.4) is 0 Å². The molecule has 26 heavy (non-hydrogen) atoms. The lowest BCUT2D eigenvalue weighted by atomic mass is 10.1. The molecule has 0 aromatic heterocycles. The third-order valence-electron chi connectivity index (χ3n) is 3.11. The van der Waals surface area contributed by atoms with Gasteiger partial charge in [0.2, 0.25) is 0 Å². The van der Waals surface area contributed by atoms with Crippen LogP contribution in [0.1, 0.15) is 5.56 Å². The molecule has 0 aliphatic heterocycles. The first-order chi connectivity index (χ1) is 12.4. The SMILES string of the molecule is N#C/C(=C/c1ccc(OCC(N)=O)cc1)C(=O)Nc1cc(Cl)ccc1Cl. The van der Waals surface area contributed by atoms with E-state index in [4.69, 9.17) is 33.7 Å². The smallest absolute Gasteiger partial charge is 0.266 e. The summed E-state index contributed by atoms with van der Waals surface area (Å²) in [6.07, 6.45) is 1.41. The fourth-order valence-corrected chi connectivity index (χ4v) is 2.25. The second kappa shape index (κ2) is 8.90. The number of carbonyl (C=O) groups excluding carboxylic acids is 2. The minimum absolute atomic E-state index is 0.119. The van der Waals surface area contributed by atoms with Gasteiger partial charge in [0.05, 0.1) is 10.7 Å². The Morgan fingerprint density at radius 2 is 1.88 bits per heavy atom. The summed E-state index contributed by atoms with van der Waals surface area (Å²) in [6.45, 7) is -0.235. The van der Waals surface area contributed by atoms with Crippen molar-refractivity contribution in [1.82, 2.24) is 0 Å². The van der Waals surface area contributed by atoms with E-state index in [1.54, 1.807) is 36.4 Å². The lowest BCUT2D eigenvalue weighted by Gasteiger charge is -2.07. The van der Waals surface area contributed by atoms with Crippen LogP contribution in [0.15, 0.2) is 48.0 Å². The van der Waals surface area contributed by atoms with Gasteiger partial charge in [-0.25, -0.2) is 0 Å². The number of nitrogens with two attached hydrogens (primary N) is 1. The van der Waals surface area contributed by atoms with Gasteiger partial charge in [-0.2, -0.15) is 5.26 Å². The van der Waals surface area contributed by atoms with Gasteiger partial charge >= 0.3 is 0 Å². The highest BCUT2D eigenvalue weighted by Crippen LogP contribution is 2.26. The maximum atomic E-state index is 12.3. The summed E-state index contributed by atoms with van der Waals surface area (Å²) in [5, 5.41) is 12.5. The Morgan fingerprint density at radius 3 is 2.50 bits per heavy atom. The van der Waals surface area contributed by atoms with Gasteiger partial charge in [0, 0.05) is 5.02 Å².